The van der Waals surface area contributed by atoms with Crippen LogP contribution in [0, 0.1) is 5.82 Å². The zero-order valence-corrected chi connectivity index (χ0v) is 26.8. The van der Waals surface area contributed by atoms with Crippen LogP contribution in [0.15, 0.2) is 15.8 Å². The van der Waals surface area contributed by atoms with Gasteiger partial charge >= 0.3 is 25.9 Å². The van der Waals surface area contributed by atoms with E-state index < -0.39 is 81.2 Å². The van der Waals surface area contributed by atoms with Crippen LogP contribution in [0.1, 0.15) is 103 Å². The number of H-pyrrole nitrogens is 1. The Morgan fingerprint density at radius 2 is 1.43 bits per heavy atom. The highest BCUT2D eigenvalue weighted by atomic mass is 31.2. The summed E-state index contributed by atoms with van der Waals surface area (Å²) in [7, 11) is -5.34. The Morgan fingerprint density at radius 1 is 0.894 bits per heavy atom. The molecule has 0 saturated carbocycles. The number of nitrogens with one attached hydrogen (secondary N) is 1. The number of halogens is 7. The Hall–Kier alpha value is -1.82. The van der Waals surface area contributed by atoms with Crippen LogP contribution in [0.2, 0.25) is 0 Å². The van der Waals surface area contributed by atoms with Gasteiger partial charge in [0.2, 0.25) is 5.82 Å². The summed E-state index contributed by atoms with van der Waals surface area (Å²) >= 11 is 0. The van der Waals surface area contributed by atoms with Gasteiger partial charge < -0.3 is 19.5 Å². The maximum Gasteiger partial charge on any atom is 0.472 e. The summed E-state index contributed by atoms with van der Waals surface area (Å²) in [6.07, 6.45) is -7.94. The molecule has 47 heavy (non-hydrogen) atoms. The summed E-state index contributed by atoms with van der Waals surface area (Å²) in [4.78, 5) is 34.6. The third kappa shape index (κ3) is 16.4. The highest BCUT2D eigenvalue weighted by molar-refractivity contribution is 7.47. The second-order valence-electron chi connectivity index (χ2n) is 11.4. The summed E-state index contributed by atoms with van der Waals surface area (Å²) in [6, 6.07) is 0. The topological polar surface area (TPSA) is 149 Å². The molecule has 0 radical (unpaired) electrons. The molecule has 2 heterocycles. The van der Waals surface area contributed by atoms with Crippen molar-refractivity contribution in [1.82, 2.24) is 9.55 Å². The Balaban J connectivity index is 1.57. The number of hydrogen-bond acceptors (Lipinski definition) is 8. The Labute approximate surface area is 267 Å². The number of ether oxygens (including phenoxy) is 2. The average molecular weight is 717 g/mol. The van der Waals surface area contributed by atoms with E-state index in [4.69, 9.17) is 9.47 Å². The fourth-order valence-electron chi connectivity index (χ4n) is 5.06. The number of phosphoric acid groups is 1. The van der Waals surface area contributed by atoms with Gasteiger partial charge in [0.05, 0.1) is 25.5 Å². The maximum atomic E-state index is 13.8. The highest BCUT2D eigenvalue weighted by Crippen LogP contribution is 2.49. The molecule has 5 atom stereocenters. The van der Waals surface area contributed by atoms with Gasteiger partial charge in [0.15, 0.2) is 6.10 Å². The molecule has 1 saturated heterocycles. The average Bonchev–Trinajstić information content (AvgIpc) is 3.34. The minimum absolute atomic E-state index is 0.193. The monoisotopic (exact) mass is 716 g/mol. The van der Waals surface area contributed by atoms with Gasteiger partial charge in [-0.3, -0.25) is 23.4 Å². The number of aliphatic hydroxyl groups is 1. The first-order valence-corrected chi connectivity index (χ1v) is 17.2. The SMILES string of the molecule is O=c1[nH]c(=O)n([C@H]2C[C@H](O)[C@@H]([C@H](OP(=O)(O)OCCOCCCCCCCCCCCCCCCC(F)(F)F)C(F)(F)F)O2)cc1F. The molecule has 1 aromatic heterocycles. The van der Waals surface area contributed by atoms with Gasteiger partial charge in [-0.2, -0.15) is 30.7 Å². The summed E-state index contributed by atoms with van der Waals surface area (Å²) in [5, 5.41) is 10.2. The summed E-state index contributed by atoms with van der Waals surface area (Å²) in [5.74, 6) is -1.43. The van der Waals surface area contributed by atoms with E-state index in [-0.39, 0.29) is 13.0 Å². The molecule has 1 fully saturated rings. The quantitative estimate of drug-likeness (QED) is 0.0662. The molecule has 2 rings (SSSR count). The fourth-order valence-corrected chi connectivity index (χ4v) is 5.96. The van der Waals surface area contributed by atoms with Crippen LogP contribution in [0.4, 0.5) is 30.7 Å². The first-order chi connectivity index (χ1) is 22.0. The molecule has 0 spiro atoms. The van der Waals surface area contributed by atoms with Crippen LogP contribution < -0.4 is 11.2 Å². The van der Waals surface area contributed by atoms with Gasteiger partial charge in [0.25, 0.3) is 5.56 Å². The lowest BCUT2D eigenvalue weighted by atomic mass is 10.0. The number of aliphatic hydroxyl groups excluding tert-OH is 1. The van der Waals surface area contributed by atoms with Crippen LogP contribution in [0.5, 0.6) is 0 Å². The number of aromatic amines is 1. The van der Waals surface area contributed by atoms with E-state index >= 15 is 0 Å². The highest BCUT2D eigenvalue weighted by Gasteiger charge is 2.55. The number of nitrogens with zero attached hydrogens (tertiary/aromatic N) is 1. The van der Waals surface area contributed by atoms with E-state index in [0.29, 0.717) is 30.2 Å². The van der Waals surface area contributed by atoms with Gasteiger partial charge in [-0.25, -0.2) is 9.36 Å². The minimum Gasteiger partial charge on any atom is -0.390 e. The van der Waals surface area contributed by atoms with Crippen LogP contribution in [-0.4, -0.2) is 70.0 Å². The van der Waals surface area contributed by atoms with Crippen molar-refractivity contribution < 1.29 is 63.8 Å². The summed E-state index contributed by atoms with van der Waals surface area (Å²) < 4.78 is 123. The molecule has 274 valence electrons. The molecule has 1 aromatic rings. The van der Waals surface area contributed by atoms with Crippen LogP contribution >= 0.6 is 7.82 Å². The predicted octanol–water partition coefficient (Wildman–Crippen LogP) is 6.43. The van der Waals surface area contributed by atoms with Gasteiger partial charge in [0.1, 0.15) is 12.3 Å². The molecule has 0 bridgehead atoms. The van der Waals surface area contributed by atoms with Crippen LogP contribution in [0.25, 0.3) is 0 Å². The lowest BCUT2D eigenvalue weighted by Gasteiger charge is -2.28. The van der Waals surface area contributed by atoms with Crippen molar-refractivity contribution in [3.05, 3.63) is 32.9 Å². The molecular weight excluding hydrogens is 672 g/mol. The van der Waals surface area contributed by atoms with Crippen molar-refractivity contribution >= 4 is 7.82 Å². The zero-order valence-electron chi connectivity index (χ0n) is 25.9. The second-order valence-corrected chi connectivity index (χ2v) is 12.9. The summed E-state index contributed by atoms with van der Waals surface area (Å²) in [5.41, 5.74) is -2.58. The molecule has 3 N–H and O–H groups in total. The maximum absolute atomic E-state index is 13.8. The van der Waals surface area contributed by atoms with Gasteiger partial charge in [-0.15, -0.1) is 0 Å². The molecule has 1 aliphatic heterocycles. The Kier molecular flexibility index (Phi) is 17.6. The largest absolute Gasteiger partial charge is 0.472 e. The lowest BCUT2D eigenvalue weighted by molar-refractivity contribution is -0.240. The van der Waals surface area contributed by atoms with Crippen LogP contribution in [0.3, 0.4) is 0 Å². The zero-order chi connectivity index (χ0) is 35.1. The third-order valence-electron chi connectivity index (χ3n) is 7.47. The fraction of sp³-hybridized carbons (Fsp3) is 0.857. The first-order valence-electron chi connectivity index (χ1n) is 15.7. The number of hydrogen-bond donors (Lipinski definition) is 3. The van der Waals surface area contributed by atoms with Crippen molar-refractivity contribution in [2.24, 2.45) is 0 Å². The molecular formula is C28H44F7N2O9P. The van der Waals surface area contributed by atoms with Crippen molar-refractivity contribution in [2.75, 3.05) is 19.8 Å². The normalized spacial score (nSPS) is 20.8. The molecule has 0 amide bonds. The first kappa shape index (κ1) is 41.4. The number of rotatable bonds is 23. The standard InChI is InChI=1S/C28H44F7N2O9P/c29-20-19-37(26(40)36-25(20)39)22-18-21(38)23(45-22)24(28(33,34)35)46-47(41,42)44-17-16-43-15-13-11-9-7-5-3-1-2-4-6-8-10-12-14-27(30,31)32/h19,21-24,38H,1-18H2,(H,41,42)(H,36,39,40)/t21-,22+,23-,24-/m0/s1. The van der Waals surface area contributed by atoms with Gasteiger partial charge in [0, 0.05) is 19.4 Å². The molecule has 11 nitrogen and oxygen atoms in total. The van der Waals surface area contributed by atoms with Crippen LogP contribution in [-0.2, 0) is 23.1 Å². The van der Waals surface area contributed by atoms with E-state index in [1.165, 1.54) is 0 Å². The molecule has 19 heteroatoms. The summed E-state index contributed by atoms with van der Waals surface area (Å²) in [6.45, 7) is -0.491. The van der Waals surface area contributed by atoms with E-state index in [0.717, 1.165) is 64.2 Å². The number of aromatic nitrogens is 2. The van der Waals surface area contributed by atoms with Crippen molar-refractivity contribution in [3.8, 4) is 0 Å². The van der Waals surface area contributed by atoms with E-state index in [9.17, 15) is 54.9 Å². The Morgan fingerprint density at radius 3 is 1.96 bits per heavy atom. The molecule has 1 aliphatic rings. The predicted molar refractivity (Wildman–Crippen MR) is 154 cm³/mol. The lowest BCUT2D eigenvalue weighted by Crippen LogP contribution is -2.46. The number of alkyl halides is 6. The third-order valence-corrected chi connectivity index (χ3v) is 8.47. The molecule has 1 unspecified atom stereocenters. The number of unbranched alkanes of at least 4 members (excludes halogenated alkanes) is 12. The molecule has 0 aromatic carbocycles. The molecule has 0 aliphatic carbocycles. The van der Waals surface area contributed by atoms with E-state index in [2.05, 4.69) is 9.05 Å². The Bertz CT molecular complexity index is 1210. The van der Waals surface area contributed by atoms with Gasteiger partial charge in [-0.1, -0.05) is 70.6 Å². The minimum atomic E-state index is -5.34. The van der Waals surface area contributed by atoms with Crippen molar-refractivity contribution in [1.29, 1.82) is 0 Å². The van der Waals surface area contributed by atoms with Crippen molar-refractivity contribution in [2.45, 2.75) is 133 Å². The van der Waals surface area contributed by atoms with Crippen molar-refractivity contribution in [3.63, 3.8) is 0 Å². The second kappa shape index (κ2) is 20.0. The smallest absolute Gasteiger partial charge is 0.390 e. The van der Waals surface area contributed by atoms with Gasteiger partial charge in [-0.05, 0) is 12.8 Å². The number of phosphoric ester groups is 1. The van der Waals surface area contributed by atoms with E-state index in [1.807, 2.05) is 0 Å². The van der Waals surface area contributed by atoms with E-state index in [1.54, 1.807) is 4.98 Å².